The lowest BCUT2D eigenvalue weighted by Crippen LogP contribution is -2.39. The number of hydrogen-bond acceptors (Lipinski definition) is 6. The van der Waals surface area contributed by atoms with Crippen LogP contribution < -0.4 is 10.5 Å². The van der Waals surface area contributed by atoms with Crippen molar-refractivity contribution in [1.82, 2.24) is 19.4 Å². The molecule has 0 radical (unpaired) electrons. The minimum absolute atomic E-state index is 0.0582. The molecule has 4 aromatic rings. The van der Waals surface area contributed by atoms with Gasteiger partial charge in [-0.3, -0.25) is 4.79 Å². The number of carbonyl (C=O) groups excluding carboxylic acids is 1. The first-order chi connectivity index (χ1) is 19.8. The van der Waals surface area contributed by atoms with E-state index in [0.717, 1.165) is 60.7 Å². The van der Waals surface area contributed by atoms with Crippen molar-refractivity contribution in [3.8, 4) is 28.7 Å². The number of carbonyl (C=O) groups is 1. The molecule has 6 rings (SSSR count). The lowest BCUT2D eigenvalue weighted by Gasteiger charge is -2.25. The third-order valence-corrected chi connectivity index (χ3v) is 7.75. The lowest BCUT2D eigenvalue weighted by molar-refractivity contribution is -0.127. The van der Waals surface area contributed by atoms with Gasteiger partial charge in [0.1, 0.15) is 52.6 Å². The lowest BCUT2D eigenvalue weighted by atomic mass is 10.0. The first kappa shape index (κ1) is 26.4. The van der Waals surface area contributed by atoms with Crippen LogP contribution in [0.5, 0.6) is 11.5 Å². The number of halogens is 2. The molecule has 1 aliphatic carbocycles. The summed E-state index contributed by atoms with van der Waals surface area (Å²) in [4.78, 5) is 23.9. The van der Waals surface area contributed by atoms with Crippen LogP contribution in [0.4, 0.5) is 14.6 Å². The normalized spacial score (nSPS) is 17.2. The number of fused-ring (bicyclic) bond motifs is 1. The van der Waals surface area contributed by atoms with Crippen LogP contribution in [-0.4, -0.2) is 37.9 Å². The summed E-state index contributed by atoms with van der Waals surface area (Å²) in [6, 6.07) is 12.2. The number of nitrogen functional groups attached to an aromatic ring is 1. The summed E-state index contributed by atoms with van der Waals surface area (Å²) in [6.45, 7) is 3.08. The van der Waals surface area contributed by atoms with Crippen LogP contribution in [-0.2, 0) is 11.3 Å². The molecule has 2 aromatic heterocycles. The van der Waals surface area contributed by atoms with Gasteiger partial charge in [0, 0.05) is 42.5 Å². The van der Waals surface area contributed by atoms with Gasteiger partial charge in [-0.1, -0.05) is 18.2 Å². The van der Waals surface area contributed by atoms with Crippen molar-refractivity contribution in [2.75, 3.05) is 12.3 Å². The molecule has 2 aliphatic rings. The fraction of sp³-hybridized carbons (Fsp3) is 0.290. The molecule has 2 fully saturated rings. The van der Waals surface area contributed by atoms with Gasteiger partial charge in [-0.25, -0.2) is 18.7 Å². The van der Waals surface area contributed by atoms with Crippen molar-refractivity contribution >= 4 is 22.8 Å². The number of hydrogen-bond donors (Lipinski definition) is 1. The quantitative estimate of drug-likeness (QED) is 0.225. The first-order valence-corrected chi connectivity index (χ1v) is 13.6. The van der Waals surface area contributed by atoms with Crippen molar-refractivity contribution < 1.29 is 18.3 Å². The Labute approximate surface area is 235 Å². The van der Waals surface area contributed by atoms with Crippen molar-refractivity contribution in [2.45, 2.75) is 45.2 Å². The van der Waals surface area contributed by atoms with E-state index < -0.39 is 11.6 Å². The summed E-state index contributed by atoms with van der Waals surface area (Å²) < 4.78 is 34.9. The SMILES string of the molecule is Cc1c(-c2ccc(Oc3cc(F)cc(F)c3)cc2)c2c(N)ncnc2n1C[C@@H]1CCCN1C(=O)C(C#N)=CC1CC1. The number of nitriles is 1. The first-order valence-electron chi connectivity index (χ1n) is 13.6. The molecule has 1 saturated heterocycles. The molecule has 1 amide bonds. The Hall–Kier alpha value is -4.78. The molecule has 0 spiro atoms. The van der Waals surface area contributed by atoms with Crippen LogP contribution in [0.1, 0.15) is 31.4 Å². The summed E-state index contributed by atoms with van der Waals surface area (Å²) in [7, 11) is 0. The molecular formula is C31H28F2N6O2. The van der Waals surface area contributed by atoms with Crippen molar-refractivity contribution in [1.29, 1.82) is 5.26 Å². The second kappa shape index (κ2) is 10.7. The number of likely N-dealkylation sites (tertiary alicyclic amines) is 1. The van der Waals surface area contributed by atoms with Crippen LogP contribution in [0, 0.1) is 35.8 Å². The van der Waals surface area contributed by atoms with Gasteiger partial charge in [-0.2, -0.15) is 5.26 Å². The zero-order valence-electron chi connectivity index (χ0n) is 22.5. The molecule has 0 bridgehead atoms. The summed E-state index contributed by atoms with van der Waals surface area (Å²) in [5.41, 5.74) is 9.84. The number of rotatable bonds is 7. The van der Waals surface area contributed by atoms with E-state index in [9.17, 15) is 18.8 Å². The molecular weight excluding hydrogens is 526 g/mol. The van der Waals surface area contributed by atoms with Gasteiger partial charge in [0.25, 0.3) is 5.91 Å². The smallest absolute Gasteiger partial charge is 0.264 e. The van der Waals surface area contributed by atoms with Gasteiger partial charge in [0.2, 0.25) is 0 Å². The van der Waals surface area contributed by atoms with Crippen LogP contribution in [0.15, 0.2) is 60.4 Å². The van der Waals surface area contributed by atoms with Gasteiger partial charge in [-0.15, -0.1) is 0 Å². The average Bonchev–Trinajstić information content (AvgIpc) is 3.57. The summed E-state index contributed by atoms with van der Waals surface area (Å²) in [5.74, 6) is -0.513. The van der Waals surface area contributed by atoms with E-state index in [1.54, 1.807) is 12.1 Å². The molecule has 1 atom stereocenters. The highest BCUT2D eigenvalue weighted by Crippen LogP contribution is 2.38. The minimum atomic E-state index is -0.721. The predicted octanol–water partition coefficient (Wildman–Crippen LogP) is 5.91. The van der Waals surface area contributed by atoms with E-state index in [4.69, 9.17) is 10.5 Å². The largest absolute Gasteiger partial charge is 0.457 e. The second-order valence-electron chi connectivity index (χ2n) is 10.6. The topological polar surface area (TPSA) is 110 Å². The highest BCUT2D eigenvalue weighted by atomic mass is 19.1. The van der Waals surface area contributed by atoms with E-state index in [-0.39, 0.29) is 23.3 Å². The maximum absolute atomic E-state index is 13.6. The number of anilines is 1. The number of nitrogens with zero attached hydrogens (tertiary/aromatic N) is 5. The molecule has 2 aromatic carbocycles. The number of benzene rings is 2. The minimum Gasteiger partial charge on any atom is -0.457 e. The highest BCUT2D eigenvalue weighted by molar-refractivity contribution is 6.02. The van der Waals surface area contributed by atoms with Crippen molar-refractivity contribution in [3.05, 3.63) is 77.8 Å². The van der Waals surface area contributed by atoms with Gasteiger partial charge in [0.15, 0.2) is 0 Å². The average molecular weight is 555 g/mol. The molecule has 208 valence electrons. The number of allylic oxidation sites excluding steroid dienone is 1. The van der Waals surface area contributed by atoms with Gasteiger partial charge in [0.05, 0.1) is 11.4 Å². The maximum Gasteiger partial charge on any atom is 0.264 e. The summed E-state index contributed by atoms with van der Waals surface area (Å²) >= 11 is 0. The Bertz CT molecular complexity index is 1700. The van der Waals surface area contributed by atoms with Crippen LogP contribution in [0.2, 0.25) is 0 Å². The second-order valence-corrected chi connectivity index (χ2v) is 10.6. The highest BCUT2D eigenvalue weighted by Gasteiger charge is 2.33. The third kappa shape index (κ3) is 5.23. The van der Waals surface area contributed by atoms with E-state index in [1.165, 1.54) is 6.33 Å². The number of amides is 1. The summed E-state index contributed by atoms with van der Waals surface area (Å²) in [5, 5.41) is 10.3. The number of aromatic nitrogens is 3. The predicted molar refractivity (Wildman–Crippen MR) is 150 cm³/mol. The molecule has 1 saturated carbocycles. The zero-order chi connectivity index (χ0) is 28.7. The molecule has 10 heteroatoms. The Balaban J connectivity index is 1.32. The fourth-order valence-electron chi connectivity index (χ4n) is 5.61. The molecule has 0 unspecified atom stereocenters. The monoisotopic (exact) mass is 554 g/mol. The molecule has 1 aliphatic heterocycles. The Morgan fingerprint density at radius 3 is 2.54 bits per heavy atom. The van der Waals surface area contributed by atoms with E-state index in [2.05, 4.69) is 20.6 Å². The molecule has 41 heavy (non-hydrogen) atoms. The van der Waals surface area contributed by atoms with Crippen molar-refractivity contribution in [2.24, 2.45) is 5.92 Å². The fourth-order valence-corrected chi connectivity index (χ4v) is 5.61. The van der Waals surface area contributed by atoms with E-state index >= 15 is 0 Å². The molecule has 3 heterocycles. The Morgan fingerprint density at radius 2 is 1.85 bits per heavy atom. The molecule has 2 N–H and O–H groups in total. The van der Waals surface area contributed by atoms with Crippen LogP contribution in [0.3, 0.4) is 0 Å². The van der Waals surface area contributed by atoms with E-state index in [1.807, 2.05) is 30.0 Å². The molecule has 8 nitrogen and oxygen atoms in total. The third-order valence-electron chi connectivity index (χ3n) is 7.75. The van der Waals surface area contributed by atoms with E-state index in [0.29, 0.717) is 41.6 Å². The summed E-state index contributed by atoms with van der Waals surface area (Å²) in [6.07, 6.45) is 6.97. The van der Waals surface area contributed by atoms with Crippen molar-refractivity contribution in [3.63, 3.8) is 0 Å². The van der Waals surface area contributed by atoms with Gasteiger partial charge < -0.3 is 19.9 Å². The van der Waals surface area contributed by atoms with Crippen LogP contribution >= 0.6 is 0 Å². The Kier molecular flexibility index (Phi) is 6.87. The zero-order valence-corrected chi connectivity index (χ0v) is 22.5. The number of nitrogens with two attached hydrogens (primary N) is 1. The maximum atomic E-state index is 13.6. The number of ether oxygens (including phenoxy) is 1. The Morgan fingerprint density at radius 1 is 1.12 bits per heavy atom. The van der Waals surface area contributed by atoms with Crippen LogP contribution in [0.25, 0.3) is 22.2 Å². The van der Waals surface area contributed by atoms with Gasteiger partial charge >= 0.3 is 0 Å². The van der Waals surface area contributed by atoms with Gasteiger partial charge in [-0.05, 0) is 56.2 Å². The standard InChI is InChI=1S/C31H28F2N6O2/c1-18-27(20-6-8-25(9-7-20)41-26-13-22(32)12-23(33)14-26)28-29(35)36-17-37-30(28)39(18)16-24-3-2-10-38(24)31(40)21(15-34)11-19-4-5-19/h6-9,11-14,17,19,24H,2-5,10,16H2,1H3,(H2,35,36,37)/t24-/m0/s1.